The van der Waals surface area contributed by atoms with E-state index in [0.29, 0.717) is 29.2 Å². The van der Waals surface area contributed by atoms with Gasteiger partial charge in [-0.15, -0.1) is 0 Å². The van der Waals surface area contributed by atoms with E-state index in [0.717, 1.165) is 54.3 Å². The van der Waals surface area contributed by atoms with Gasteiger partial charge in [0.15, 0.2) is 6.61 Å². The monoisotopic (exact) mass is 437 g/mol. The molecule has 4 atom stereocenters. The maximum atomic E-state index is 13.2. The van der Waals surface area contributed by atoms with Crippen LogP contribution in [0.5, 0.6) is 0 Å². The SMILES string of the molecule is CC1CCc2nc3ccccc3c(C(=O)OCC(=O)OC3CC(C)CCC3C(C)C)c2C1. The smallest absolute Gasteiger partial charge is 0.344 e. The highest BCUT2D eigenvalue weighted by molar-refractivity contribution is 6.05. The van der Waals surface area contributed by atoms with Crippen LogP contribution in [0.2, 0.25) is 0 Å². The van der Waals surface area contributed by atoms with Gasteiger partial charge in [-0.1, -0.05) is 52.3 Å². The molecule has 5 heteroatoms. The van der Waals surface area contributed by atoms with Crippen LogP contribution in [-0.2, 0) is 27.1 Å². The van der Waals surface area contributed by atoms with Gasteiger partial charge in [0.05, 0.1) is 11.1 Å². The highest BCUT2D eigenvalue weighted by Gasteiger charge is 2.34. The number of aryl methyl sites for hydroxylation is 1. The quantitative estimate of drug-likeness (QED) is 0.576. The molecule has 172 valence electrons. The highest BCUT2D eigenvalue weighted by atomic mass is 16.6. The molecule has 4 unspecified atom stereocenters. The lowest BCUT2D eigenvalue weighted by Crippen LogP contribution is -2.36. The number of para-hydroxylation sites is 1. The van der Waals surface area contributed by atoms with Gasteiger partial charge in [0, 0.05) is 11.1 Å². The molecule has 1 heterocycles. The summed E-state index contributed by atoms with van der Waals surface area (Å²) in [4.78, 5) is 30.6. The van der Waals surface area contributed by atoms with Crippen molar-refractivity contribution in [2.24, 2.45) is 23.7 Å². The molecular formula is C27H35NO4. The second-order valence-corrected chi connectivity index (χ2v) is 10.2. The Kier molecular flexibility index (Phi) is 6.82. The Morgan fingerprint density at radius 2 is 1.88 bits per heavy atom. The van der Waals surface area contributed by atoms with E-state index in [1.807, 2.05) is 24.3 Å². The number of hydrogen-bond acceptors (Lipinski definition) is 5. The lowest BCUT2D eigenvalue weighted by atomic mass is 9.75. The molecule has 2 aliphatic rings. The van der Waals surface area contributed by atoms with Crippen LogP contribution in [0.1, 0.15) is 75.0 Å². The third-order valence-corrected chi connectivity index (χ3v) is 7.27. The lowest BCUT2D eigenvalue weighted by Gasteiger charge is -2.36. The summed E-state index contributed by atoms with van der Waals surface area (Å²) in [6, 6.07) is 7.67. The minimum Gasteiger partial charge on any atom is -0.460 e. The molecule has 4 rings (SSSR count). The Balaban J connectivity index is 1.49. The van der Waals surface area contributed by atoms with Gasteiger partial charge >= 0.3 is 11.9 Å². The molecule has 0 bridgehead atoms. The average molecular weight is 438 g/mol. The second kappa shape index (κ2) is 9.60. The summed E-state index contributed by atoms with van der Waals surface area (Å²) < 4.78 is 11.3. The van der Waals surface area contributed by atoms with Gasteiger partial charge < -0.3 is 9.47 Å². The summed E-state index contributed by atoms with van der Waals surface area (Å²) in [5.41, 5.74) is 3.32. The van der Waals surface area contributed by atoms with Crippen LogP contribution in [-0.4, -0.2) is 29.6 Å². The molecule has 0 spiro atoms. The van der Waals surface area contributed by atoms with Gasteiger partial charge in [0.1, 0.15) is 6.10 Å². The molecule has 1 aromatic heterocycles. The van der Waals surface area contributed by atoms with Crippen LogP contribution in [0.3, 0.4) is 0 Å². The molecule has 32 heavy (non-hydrogen) atoms. The number of carbonyl (C=O) groups excluding carboxylic acids is 2. The Bertz CT molecular complexity index is 999. The van der Waals surface area contributed by atoms with Crippen LogP contribution in [0.15, 0.2) is 24.3 Å². The zero-order valence-corrected chi connectivity index (χ0v) is 19.7. The van der Waals surface area contributed by atoms with E-state index < -0.39 is 11.9 Å². The summed E-state index contributed by atoms with van der Waals surface area (Å²) in [5.74, 6) is 0.945. The van der Waals surface area contributed by atoms with Crippen LogP contribution in [0.25, 0.3) is 10.9 Å². The Labute approximate surface area is 190 Å². The summed E-state index contributed by atoms with van der Waals surface area (Å²) in [7, 11) is 0. The van der Waals surface area contributed by atoms with Gasteiger partial charge in [-0.2, -0.15) is 0 Å². The van der Waals surface area contributed by atoms with Crippen molar-refractivity contribution in [1.82, 2.24) is 4.98 Å². The van der Waals surface area contributed by atoms with Crippen molar-refractivity contribution >= 4 is 22.8 Å². The Morgan fingerprint density at radius 1 is 1.09 bits per heavy atom. The standard InChI is InChI=1S/C27H35NO4/c1-16(2)19-11-9-18(4)14-24(19)32-25(29)15-31-27(30)26-20-7-5-6-8-22(20)28-23-12-10-17(3)13-21(23)26/h5-8,16-19,24H,9-15H2,1-4H3. The van der Waals surface area contributed by atoms with Crippen molar-refractivity contribution in [2.45, 2.75) is 72.3 Å². The van der Waals surface area contributed by atoms with Gasteiger partial charge in [-0.05, 0) is 67.4 Å². The molecule has 0 N–H and O–H groups in total. The first-order valence-corrected chi connectivity index (χ1v) is 12.1. The summed E-state index contributed by atoms with van der Waals surface area (Å²) in [6.07, 6.45) is 5.76. The average Bonchev–Trinajstić information content (AvgIpc) is 2.75. The van der Waals surface area contributed by atoms with Gasteiger partial charge in [-0.3, -0.25) is 4.98 Å². The minimum atomic E-state index is -0.455. The summed E-state index contributed by atoms with van der Waals surface area (Å²) >= 11 is 0. The molecule has 1 aromatic carbocycles. The van der Waals surface area contributed by atoms with Crippen LogP contribution in [0.4, 0.5) is 0 Å². The lowest BCUT2D eigenvalue weighted by molar-refractivity contribution is -0.159. The second-order valence-electron chi connectivity index (χ2n) is 10.2. The first kappa shape index (κ1) is 22.8. The van der Waals surface area contributed by atoms with Crippen LogP contribution < -0.4 is 0 Å². The van der Waals surface area contributed by atoms with E-state index in [1.165, 1.54) is 6.42 Å². The van der Waals surface area contributed by atoms with E-state index in [9.17, 15) is 9.59 Å². The number of carbonyl (C=O) groups is 2. The number of rotatable bonds is 5. The topological polar surface area (TPSA) is 65.5 Å². The third kappa shape index (κ3) is 4.82. The first-order chi connectivity index (χ1) is 15.3. The summed E-state index contributed by atoms with van der Waals surface area (Å²) in [5, 5.41) is 0.791. The van der Waals surface area contributed by atoms with Crippen molar-refractivity contribution < 1.29 is 19.1 Å². The Morgan fingerprint density at radius 3 is 2.66 bits per heavy atom. The predicted octanol–water partition coefficient (Wildman–Crippen LogP) is 5.52. The van der Waals surface area contributed by atoms with Gasteiger partial charge in [0.25, 0.3) is 0 Å². The number of nitrogens with zero attached hydrogens (tertiary/aromatic N) is 1. The van der Waals surface area contributed by atoms with E-state index in [1.54, 1.807) is 0 Å². The van der Waals surface area contributed by atoms with E-state index in [2.05, 4.69) is 27.7 Å². The molecule has 2 aliphatic carbocycles. The van der Waals surface area contributed by atoms with Gasteiger partial charge in [0.2, 0.25) is 0 Å². The molecule has 0 saturated heterocycles. The van der Waals surface area contributed by atoms with Crippen LogP contribution >= 0.6 is 0 Å². The fourth-order valence-electron chi connectivity index (χ4n) is 5.45. The van der Waals surface area contributed by atoms with E-state index >= 15 is 0 Å². The first-order valence-electron chi connectivity index (χ1n) is 12.1. The van der Waals surface area contributed by atoms with E-state index in [-0.39, 0.29) is 12.7 Å². The van der Waals surface area contributed by atoms with Crippen molar-refractivity contribution in [1.29, 1.82) is 0 Å². The maximum Gasteiger partial charge on any atom is 0.344 e. The number of pyridine rings is 1. The minimum absolute atomic E-state index is 0.0969. The zero-order valence-electron chi connectivity index (χ0n) is 19.7. The van der Waals surface area contributed by atoms with Crippen molar-refractivity contribution in [3.63, 3.8) is 0 Å². The molecular weight excluding hydrogens is 402 g/mol. The zero-order chi connectivity index (χ0) is 22.8. The third-order valence-electron chi connectivity index (χ3n) is 7.27. The fraction of sp³-hybridized carbons (Fsp3) is 0.593. The highest BCUT2D eigenvalue weighted by Crippen LogP contribution is 2.35. The van der Waals surface area contributed by atoms with E-state index in [4.69, 9.17) is 14.5 Å². The van der Waals surface area contributed by atoms with Crippen molar-refractivity contribution in [3.8, 4) is 0 Å². The molecule has 0 aliphatic heterocycles. The molecule has 1 fully saturated rings. The molecule has 0 radical (unpaired) electrons. The predicted molar refractivity (Wildman–Crippen MR) is 124 cm³/mol. The summed E-state index contributed by atoms with van der Waals surface area (Å²) in [6.45, 7) is 8.41. The molecule has 5 nitrogen and oxygen atoms in total. The van der Waals surface area contributed by atoms with Crippen molar-refractivity contribution in [2.75, 3.05) is 6.61 Å². The number of hydrogen-bond donors (Lipinski definition) is 0. The fourth-order valence-corrected chi connectivity index (χ4v) is 5.45. The normalized spacial score (nSPS) is 25.4. The number of aromatic nitrogens is 1. The number of esters is 2. The Hall–Kier alpha value is -2.43. The maximum absolute atomic E-state index is 13.2. The van der Waals surface area contributed by atoms with Gasteiger partial charge in [-0.25, -0.2) is 9.59 Å². The molecule has 1 saturated carbocycles. The number of ether oxygens (including phenoxy) is 2. The molecule has 2 aromatic rings. The van der Waals surface area contributed by atoms with Crippen molar-refractivity contribution in [3.05, 3.63) is 41.1 Å². The van der Waals surface area contributed by atoms with Crippen LogP contribution in [0, 0.1) is 23.7 Å². The number of fused-ring (bicyclic) bond motifs is 2. The molecule has 0 amide bonds. The number of benzene rings is 1. The largest absolute Gasteiger partial charge is 0.460 e.